The second-order valence-corrected chi connectivity index (χ2v) is 8.00. The monoisotopic (exact) mass is 392 g/mol. The number of aryl methyl sites for hydroxylation is 1. The molecule has 0 saturated carbocycles. The molecule has 1 amide bonds. The number of piperazine rings is 1. The smallest absolute Gasteiger partial charge is 0.228 e. The van der Waals surface area contributed by atoms with Gasteiger partial charge in [0.05, 0.1) is 12.1 Å². The molecule has 1 aliphatic heterocycles. The van der Waals surface area contributed by atoms with Gasteiger partial charge in [-0.15, -0.1) is 11.3 Å². The lowest BCUT2D eigenvalue weighted by atomic mass is 10.1. The number of thiazole rings is 1. The summed E-state index contributed by atoms with van der Waals surface area (Å²) in [5, 5.41) is 2.92. The Balaban J connectivity index is 1.36. The fourth-order valence-corrected chi connectivity index (χ4v) is 4.38. The summed E-state index contributed by atoms with van der Waals surface area (Å²) >= 11 is 1.57. The molecule has 3 heterocycles. The summed E-state index contributed by atoms with van der Waals surface area (Å²) in [5.74, 6) is 0.159. The predicted octanol–water partition coefficient (Wildman–Crippen LogP) is 3.71. The van der Waals surface area contributed by atoms with Crippen LogP contribution >= 0.6 is 11.3 Å². The summed E-state index contributed by atoms with van der Waals surface area (Å²) in [6.07, 6.45) is 3.89. The van der Waals surface area contributed by atoms with Crippen molar-refractivity contribution in [3.8, 4) is 10.6 Å². The van der Waals surface area contributed by atoms with Crippen molar-refractivity contribution >= 4 is 22.9 Å². The van der Waals surface area contributed by atoms with E-state index in [-0.39, 0.29) is 5.91 Å². The maximum Gasteiger partial charge on any atom is 0.228 e. The lowest BCUT2D eigenvalue weighted by Crippen LogP contribution is -2.49. The minimum Gasteiger partial charge on any atom is -0.368 e. The van der Waals surface area contributed by atoms with E-state index in [1.807, 2.05) is 22.4 Å². The van der Waals surface area contributed by atoms with Crippen LogP contribution in [-0.4, -0.2) is 47.0 Å². The van der Waals surface area contributed by atoms with E-state index in [1.54, 1.807) is 23.7 Å². The van der Waals surface area contributed by atoms with Gasteiger partial charge in [0.1, 0.15) is 5.01 Å². The molecular formula is C22H24N4OS. The minimum atomic E-state index is 0.159. The van der Waals surface area contributed by atoms with Crippen molar-refractivity contribution in [1.29, 1.82) is 0 Å². The van der Waals surface area contributed by atoms with E-state index >= 15 is 0 Å². The predicted molar refractivity (Wildman–Crippen MR) is 114 cm³/mol. The Morgan fingerprint density at radius 1 is 1.07 bits per heavy atom. The molecule has 0 unspecified atom stereocenters. The number of anilines is 1. The van der Waals surface area contributed by atoms with Crippen LogP contribution in [0.5, 0.6) is 0 Å². The largest absolute Gasteiger partial charge is 0.368 e. The standard InChI is InChI=1S/C22H24N4OS/c1-16-4-3-5-20(17(16)2)25-10-12-26(13-11-25)21(27)14-19-15-28-22(24-19)18-6-8-23-9-7-18/h3-9,15H,10-14H2,1-2H3. The van der Waals surface area contributed by atoms with Crippen LogP contribution in [0, 0.1) is 13.8 Å². The average molecular weight is 393 g/mol. The van der Waals surface area contributed by atoms with Crippen LogP contribution in [-0.2, 0) is 11.2 Å². The molecule has 4 rings (SSSR count). The van der Waals surface area contributed by atoms with Gasteiger partial charge in [0.15, 0.2) is 0 Å². The number of hydrogen-bond acceptors (Lipinski definition) is 5. The number of carbonyl (C=O) groups is 1. The minimum absolute atomic E-state index is 0.159. The highest BCUT2D eigenvalue weighted by atomic mass is 32.1. The van der Waals surface area contributed by atoms with Crippen molar-refractivity contribution in [2.24, 2.45) is 0 Å². The molecule has 1 saturated heterocycles. The molecule has 144 valence electrons. The molecule has 3 aromatic rings. The van der Waals surface area contributed by atoms with Crippen LogP contribution < -0.4 is 4.90 Å². The van der Waals surface area contributed by atoms with Crippen molar-refractivity contribution in [3.05, 3.63) is 64.9 Å². The third-order valence-corrected chi connectivity index (χ3v) is 6.30. The maximum absolute atomic E-state index is 12.7. The van der Waals surface area contributed by atoms with Gasteiger partial charge in [0, 0.05) is 55.2 Å². The number of hydrogen-bond donors (Lipinski definition) is 0. The fraction of sp³-hybridized carbons (Fsp3) is 0.318. The molecule has 0 atom stereocenters. The summed E-state index contributed by atoms with van der Waals surface area (Å²) in [6.45, 7) is 7.57. The van der Waals surface area contributed by atoms with E-state index in [0.717, 1.165) is 42.4 Å². The van der Waals surface area contributed by atoms with E-state index in [0.29, 0.717) is 6.42 Å². The van der Waals surface area contributed by atoms with Crippen LogP contribution in [0.25, 0.3) is 10.6 Å². The highest BCUT2D eigenvalue weighted by Crippen LogP contribution is 2.25. The summed E-state index contributed by atoms with van der Waals surface area (Å²) in [7, 11) is 0. The molecule has 1 aliphatic rings. The SMILES string of the molecule is Cc1cccc(N2CCN(C(=O)Cc3csc(-c4ccncc4)n3)CC2)c1C. The summed E-state index contributed by atoms with van der Waals surface area (Å²) in [4.78, 5) is 25.8. The van der Waals surface area contributed by atoms with E-state index in [2.05, 4.69) is 46.9 Å². The zero-order valence-corrected chi connectivity index (χ0v) is 17.1. The number of benzene rings is 1. The molecule has 0 radical (unpaired) electrons. The Kier molecular flexibility index (Phi) is 5.39. The molecule has 5 nitrogen and oxygen atoms in total. The Hall–Kier alpha value is -2.73. The lowest BCUT2D eigenvalue weighted by molar-refractivity contribution is -0.130. The van der Waals surface area contributed by atoms with Gasteiger partial charge in [-0.3, -0.25) is 9.78 Å². The molecule has 28 heavy (non-hydrogen) atoms. The van der Waals surface area contributed by atoms with E-state index in [1.165, 1.54) is 16.8 Å². The van der Waals surface area contributed by atoms with Gasteiger partial charge in [-0.2, -0.15) is 0 Å². The lowest BCUT2D eigenvalue weighted by Gasteiger charge is -2.37. The van der Waals surface area contributed by atoms with Gasteiger partial charge in [0.2, 0.25) is 5.91 Å². The third-order valence-electron chi connectivity index (χ3n) is 5.36. The van der Waals surface area contributed by atoms with E-state index in [4.69, 9.17) is 0 Å². The van der Waals surface area contributed by atoms with Gasteiger partial charge >= 0.3 is 0 Å². The summed E-state index contributed by atoms with van der Waals surface area (Å²) in [5.41, 5.74) is 5.81. The normalized spacial score (nSPS) is 14.4. The first-order valence-corrected chi connectivity index (χ1v) is 10.4. The van der Waals surface area contributed by atoms with Crippen LogP contribution in [0.15, 0.2) is 48.1 Å². The van der Waals surface area contributed by atoms with Crippen LogP contribution in [0.4, 0.5) is 5.69 Å². The summed E-state index contributed by atoms with van der Waals surface area (Å²) < 4.78 is 0. The summed E-state index contributed by atoms with van der Waals surface area (Å²) in [6, 6.07) is 10.3. The van der Waals surface area contributed by atoms with Crippen LogP contribution in [0.3, 0.4) is 0 Å². The molecule has 0 N–H and O–H groups in total. The van der Waals surface area contributed by atoms with Gasteiger partial charge in [-0.25, -0.2) is 4.98 Å². The highest BCUT2D eigenvalue weighted by molar-refractivity contribution is 7.13. The number of amides is 1. The van der Waals surface area contributed by atoms with Crippen LogP contribution in [0.2, 0.25) is 0 Å². The second-order valence-electron chi connectivity index (χ2n) is 7.14. The van der Waals surface area contributed by atoms with Crippen molar-refractivity contribution in [2.45, 2.75) is 20.3 Å². The van der Waals surface area contributed by atoms with Gasteiger partial charge in [-0.1, -0.05) is 12.1 Å². The van der Waals surface area contributed by atoms with Crippen molar-refractivity contribution in [1.82, 2.24) is 14.9 Å². The van der Waals surface area contributed by atoms with Crippen LogP contribution in [0.1, 0.15) is 16.8 Å². The second kappa shape index (κ2) is 8.10. The Morgan fingerprint density at radius 2 is 1.82 bits per heavy atom. The average Bonchev–Trinajstić information content (AvgIpc) is 3.19. The quantitative estimate of drug-likeness (QED) is 0.679. The number of nitrogens with zero attached hydrogens (tertiary/aromatic N) is 4. The van der Waals surface area contributed by atoms with Crippen molar-refractivity contribution in [3.63, 3.8) is 0 Å². The molecule has 2 aromatic heterocycles. The maximum atomic E-state index is 12.7. The molecule has 1 fully saturated rings. The van der Waals surface area contributed by atoms with Gasteiger partial charge in [-0.05, 0) is 43.2 Å². The molecule has 0 aliphatic carbocycles. The first-order valence-electron chi connectivity index (χ1n) is 9.55. The zero-order chi connectivity index (χ0) is 19.5. The molecule has 1 aromatic carbocycles. The van der Waals surface area contributed by atoms with E-state index in [9.17, 15) is 4.79 Å². The highest BCUT2D eigenvalue weighted by Gasteiger charge is 2.23. The zero-order valence-electron chi connectivity index (χ0n) is 16.3. The van der Waals surface area contributed by atoms with Crippen molar-refractivity contribution in [2.75, 3.05) is 31.1 Å². The first-order chi connectivity index (χ1) is 13.6. The molecule has 0 spiro atoms. The van der Waals surface area contributed by atoms with Crippen molar-refractivity contribution < 1.29 is 4.79 Å². The fourth-order valence-electron chi connectivity index (χ4n) is 3.56. The Morgan fingerprint density at radius 3 is 2.57 bits per heavy atom. The number of aromatic nitrogens is 2. The Labute approximate surface area is 169 Å². The third kappa shape index (κ3) is 3.92. The molecule has 6 heteroatoms. The van der Waals surface area contributed by atoms with E-state index < -0.39 is 0 Å². The van der Waals surface area contributed by atoms with Gasteiger partial charge < -0.3 is 9.80 Å². The van der Waals surface area contributed by atoms with Gasteiger partial charge in [0.25, 0.3) is 0 Å². The molecule has 0 bridgehead atoms. The number of carbonyl (C=O) groups excluding carboxylic acids is 1. The number of rotatable bonds is 4. The topological polar surface area (TPSA) is 49.3 Å². The Bertz CT molecular complexity index is 962. The first kappa shape index (κ1) is 18.6. The number of pyridine rings is 1. The molecular weight excluding hydrogens is 368 g/mol.